The lowest BCUT2D eigenvalue weighted by Gasteiger charge is -2.34. The van der Waals surface area contributed by atoms with Gasteiger partial charge in [0, 0.05) is 19.0 Å². The van der Waals surface area contributed by atoms with Crippen molar-refractivity contribution in [1.29, 1.82) is 0 Å². The molecule has 156 valence electrons. The van der Waals surface area contributed by atoms with Gasteiger partial charge in [0.2, 0.25) is 17.7 Å². The molecule has 1 saturated heterocycles. The number of allylic oxidation sites excluding steroid dienone is 1. The Morgan fingerprint density at radius 2 is 1.89 bits per heavy atom. The summed E-state index contributed by atoms with van der Waals surface area (Å²) in [6.07, 6.45) is 9.21. The minimum Gasteiger partial charge on any atom is -0.394 e. The van der Waals surface area contributed by atoms with Crippen LogP contribution < -0.4 is 10.6 Å². The SMILES string of the molecule is CNC(=O)[C@H]1[C@@H]2C(=O)N([C@H](C)CO)[C@H](C(=O)NC3CCCCC3)[C@H]2C=C[C@H]1C. The number of aliphatic hydroxyl groups is 1. The second-order valence-electron chi connectivity index (χ2n) is 8.55. The monoisotopic (exact) mass is 391 g/mol. The summed E-state index contributed by atoms with van der Waals surface area (Å²) in [4.78, 5) is 40.7. The van der Waals surface area contributed by atoms with Crippen molar-refractivity contribution in [2.75, 3.05) is 13.7 Å². The fourth-order valence-electron chi connectivity index (χ4n) is 5.21. The van der Waals surface area contributed by atoms with E-state index in [0.717, 1.165) is 25.7 Å². The van der Waals surface area contributed by atoms with Gasteiger partial charge >= 0.3 is 0 Å². The third-order valence-electron chi connectivity index (χ3n) is 6.72. The Kier molecular flexibility index (Phi) is 6.43. The zero-order chi connectivity index (χ0) is 20.4. The average molecular weight is 392 g/mol. The predicted octanol–water partition coefficient (Wildman–Crippen LogP) is 0.827. The summed E-state index contributed by atoms with van der Waals surface area (Å²) in [7, 11) is 1.57. The fraction of sp³-hybridized carbons (Fsp3) is 0.762. The molecule has 3 rings (SSSR count). The summed E-state index contributed by atoms with van der Waals surface area (Å²) < 4.78 is 0. The Hall–Kier alpha value is -1.89. The smallest absolute Gasteiger partial charge is 0.243 e. The zero-order valence-electron chi connectivity index (χ0n) is 17.1. The number of amides is 3. The Morgan fingerprint density at radius 1 is 1.21 bits per heavy atom. The van der Waals surface area contributed by atoms with Crippen LogP contribution in [0.3, 0.4) is 0 Å². The van der Waals surface area contributed by atoms with Crippen molar-refractivity contribution in [3.63, 3.8) is 0 Å². The van der Waals surface area contributed by atoms with E-state index in [1.54, 1.807) is 14.0 Å². The Bertz CT molecular complexity index is 644. The number of hydrogen-bond acceptors (Lipinski definition) is 4. The molecule has 3 aliphatic rings. The number of likely N-dealkylation sites (tertiary alicyclic amines) is 1. The number of carbonyl (C=O) groups is 3. The maximum Gasteiger partial charge on any atom is 0.243 e. The highest BCUT2D eigenvalue weighted by Crippen LogP contribution is 2.44. The molecule has 0 aromatic carbocycles. The molecule has 7 heteroatoms. The van der Waals surface area contributed by atoms with Crippen molar-refractivity contribution in [1.82, 2.24) is 15.5 Å². The number of nitrogens with one attached hydrogen (secondary N) is 2. The van der Waals surface area contributed by atoms with E-state index in [2.05, 4.69) is 10.6 Å². The quantitative estimate of drug-likeness (QED) is 0.605. The van der Waals surface area contributed by atoms with E-state index < -0.39 is 23.9 Å². The van der Waals surface area contributed by atoms with Crippen LogP contribution in [0.2, 0.25) is 0 Å². The van der Waals surface area contributed by atoms with Crippen molar-refractivity contribution >= 4 is 17.7 Å². The van der Waals surface area contributed by atoms with Crippen LogP contribution in [0.5, 0.6) is 0 Å². The molecule has 0 aromatic rings. The van der Waals surface area contributed by atoms with Gasteiger partial charge in [-0.05, 0) is 25.7 Å². The minimum atomic E-state index is -0.683. The van der Waals surface area contributed by atoms with Crippen molar-refractivity contribution in [3.8, 4) is 0 Å². The summed E-state index contributed by atoms with van der Waals surface area (Å²) in [5.74, 6) is -2.07. The summed E-state index contributed by atoms with van der Waals surface area (Å²) in [5, 5.41) is 15.5. The van der Waals surface area contributed by atoms with Crippen LogP contribution in [0.25, 0.3) is 0 Å². The number of carbonyl (C=O) groups excluding carboxylic acids is 3. The molecule has 0 bridgehead atoms. The lowest BCUT2D eigenvalue weighted by Crippen LogP contribution is -2.53. The molecule has 1 heterocycles. The second-order valence-corrected chi connectivity index (χ2v) is 8.55. The van der Waals surface area contributed by atoms with Gasteiger partial charge < -0.3 is 20.6 Å². The fourth-order valence-corrected chi connectivity index (χ4v) is 5.21. The summed E-state index contributed by atoms with van der Waals surface area (Å²) in [5.41, 5.74) is 0. The van der Waals surface area contributed by atoms with Crippen LogP contribution in [-0.2, 0) is 14.4 Å². The molecule has 7 nitrogen and oxygen atoms in total. The van der Waals surface area contributed by atoms with Crippen molar-refractivity contribution in [2.24, 2.45) is 23.7 Å². The van der Waals surface area contributed by atoms with Gasteiger partial charge in [-0.3, -0.25) is 14.4 Å². The first-order valence-electron chi connectivity index (χ1n) is 10.5. The Balaban J connectivity index is 1.91. The number of nitrogens with zero attached hydrogens (tertiary/aromatic N) is 1. The molecule has 0 radical (unpaired) electrons. The van der Waals surface area contributed by atoms with E-state index in [4.69, 9.17) is 0 Å². The Labute approximate surface area is 166 Å². The molecule has 6 atom stereocenters. The number of aliphatic hydroxyl groups excluding tert-OH is 1. The largest absolute Gasteiger partial charge is 0.394 e. The molecule has 28 heavy (non-hydrogen) atoms. The third-order valence-corrected chi connectivity index (χ3v) is 6.72. The van der Waals surface area contributed by atoms with Gasteiger partial charge in [0.05, 0.1) is 24.5 Å². The molecule has 0 aromatic heterocycles. The first-order chi connectivity index (χ1) is 13.4. The van der Waals surface area contributed by atoms with Gasteiger partial charge in [0.15, 0.2) is 0 Å². The van der Waals surface area contributed by atoms with Gasteiger partial charge in [0.25, 0.3) is 0 Å². The first kappa shape index (κ1) is 20.8. The van der Waals surface area contributed by atoms with E-state index >= 15 is 0 Å². The molecular formula is C21H33N3O4. The lowest BCUT2D eigenvalue weighted by atomic mass is 9.70. The van der Waals surface area contributed by atoms with Crippen molar-refractivity contribution in [2.45, 2.75) is 64.1 Å². The first-order valence-corrected chi connectivity index (χ1v) is 10.5. The third kappa shape index (κ3) is 3.69. The summed E-state index contributed by atoms with van der Waals surface area (Å²) in [6.45, 7) is 3.45. The highest BCUT2D eigenvalue weighted by molar-refractivity contribution is 5.97. The molecule has 2 aliphatic carbocycles. The zero-order valence-corrected chi connectivity index (χ0v) is 17.1. The van der Waals surface area contributed by atoms with Gasteiger partial charge in [-0.15, -0.1) is 0 Å². The highest BCUT2D eigenvalue weighted by atomic mass is 16.3. The van der Waals surface area contributed by atoms with Crippen LogP contribution in [0.1, 0.15) is 46.0 Å². The maximum absolute atomic E-state index is 13.3. The van der Waals surface area contributed by atoms with Crippen LogP contribution in [0.4, 0.5) is 0 Å². The van der Waals surface area contributed by atoms with Crippen molar-refractivity contribution in [3.05, 3.63) is 12.2 Å². The van der Waals surface area contributed by atoms with Gasteiger partial charge in [0.1, 0.15) is 6.04 Å². The maximum atomic E-state index is 13.3. The van der Waals surface area contributed by atoms with Gasteiger partial charge in [-0.25, -0.2) is 0 Å². The molecule has 3 amide bonds. The van der Waals surface area contributed by atoms with Crippen LogP contribution in [0.15, 0.2) is 12.2 Å². The van der Waals surface area contributed by atoms with Crippen molar-refractivity contribution < 1.29 is 19.5 Å². The van der Waals surface area contributed by atoms with E-state index in [9.17, 15) is 19.5 Å². The molecule has 1 aliphatic heterocycles. The average Bonchev–Trinajstić information content (AvgIpc) is 3.00. The second kappa shape index (κ2) is 8.64. The number of rotatable bonds is 5. The molecule has 0 spiro atoms. The van der Waals surface area contributed by atoms with Crippen LogP contribution in [-0.4, -0.2) is 59.5 Å². The topological polar surface area (TPSA) is 98.7 Å². The van der Waals surface area contributed by atoms with Crippen LogP contribution in [0, 0.1) is 23.7 Å². The normalized spacial score (nSPS) is 34.1. The summed E-state index contributed by atoms with van der Waals surface area (Å²) >= 11 is 0. The number of fused-ring (bicyclic) bond motifs is 1. The van der Waals surface area contributed by atoms with E-state index in [1.165, 1.54) is 11.3 Å². The van der Waals surface area contributed by atoms with E-state index in [0.29, 0.717) is 0 Å². The standard InChI is InChI=1S/C21H33N3O4/c1-12-9-10-15-17(16(12)19(26)22-3)21(28)24(13(2)11-25)18(15)20(27)23-14-7-5-4-6-8-14/h9-10,12-18,25H,4-8,11H2,1-3H3,(H,22,26)(H,23,27)/t12-,13-,15+,16-,17-,18+/m1/s1. The lowest BCUT2D eigenvalue weighted by molar-refractivity contribution is -0.143. The van der Waals surface area contributed by atoms with E-state index in [-0.39, 0.29) is 42.2 Å². The number of hydrogen-bond donors (Lipinski definition) is 3. The molecule has 3 N–H and O–H groups in total. The Morgan fingerprint density at radius 3 is 2.50 bits per heavy atom. The van der Waals surface area contributed by atoms with Gasteiger partial charge in [-0.1, -0.05) is 38.3 Å². The van der Waals surface area contributed by atoms with Gasteiger partial charge in [-0.2, -0.15) is 0 Å². The minimum absolute atomic E-state index is 0.0865. The highest BCUT2D eigenvalue weighted by Gasteiger charge is 2.57. The molecule has 2 fully saturated rings. The van der Waals surface area contributed by atoms with E-state index in [1.807, 2.05) is 19.1 Å². The molecular weight excluding hydrogens is 358 g/mol. The molecule has 1 saturated carbocycles. The molecule has 0 unspecified atom stereocenters. The van der Waals surface area contributed by atoms with Crippen LogP contribution >= 0.6 is 0 Å². The summed E-state index contributed by atoms with van der Waals surface area (Å²) in [6, 6.07) is -1.02. The predicted molar refractivity (Wildman–Crippen MR) is 105 cm³/mol.